The molecule has 94 valence electrons. The quantitative estimate of drug-likeness (QED) is 0.767. The largest absolute Gasteiger partial charge is 0.458 e. The van der Waals surface area contributed by atoms with Gasteiger partial charge in [-0.05, 0) is 24.8 Å². The standard InChI is InChI=1S/C15H16O3/c1-9(10-5-3-2-4-6-10)18-15(17)14-11-7-8-12(16)13(11)14/h2-6,9,11,13-14H,7-8H2,1H3/t9?,11?,13-,14?/m0/s1. The fourth-order valence-electron chi connectivity index (χ4n) is 3.01. The number of benzene rings is 1. The minimum atomic E-state index is -0.241. The fourth-order valence-corrected chi connectivity index (χ4v) is 3.01. The second-order valence-corrected chi connectivity index (χ2v) is 5.21. The van der Waals surface area contributed by atoms with E-state index in [0.29, 0.717) is 6.42 Å². The topological polar surface area (TPSA) is 43.4 Å². The maximum absolute atomic E-state index is 12.0. The molecular weight excluding hydrogens is 228 g/mol. The molecule has 0 amide bonds. The van der Waals surface area contributed by atoms with Gasteiger partial charge in [-0.25, -0.2) is 0 Å². The Bertz CT molecular complexity index is 480. The summed E-state index contributed by atoms with van der Waals surface area (Å²) >= 11 is 0. The van der Waals surface area contributed by atoms with Crippen molar-refractivity contribution in [2.24, 2.45) is 17.8 Å². The molecule has 1 aromatic rings. The van der Waals surface area contributed by atoms with Crippen molar-refractivity contribution in [3.8, 4) is 0 Å². The second kappa shape index (κ2) is 4.23. The molecule has 0 radical (unpaired) electrons. The van der Waals surface area contributed by atoms with E-state index in [1.807, 2.05) is 37.3 Å². The third kappa shape index (κ3) is 1.84. The summed E-state index contributed by atoms with van der Waals surface area (Å²) in [5.74, 6) is 0.134. The Kier molecular flexibility index (Phi) is 2.69. The van der Waals surface area contributed by atoms with Gasteiger partial charge in [-0.15, -0.1) is 0 Å². The average molecular weight is 244 g/mol. The highest BCUT2D eigenvalue weighted by Gasteiger charge is 2.62. The van der Waals surface area contributed by atoms with E-state index in [1.165, 1.54) is 0 Å². The number of carbonyl (C=O) groups excluding carboxylic acids is 2. The number of carbonyl (C=O) groups is 2. The molecule has 2 saturated carbocycles. The number of fused-ring (bicyclic) bond motifs is 1. The summed E-state index contributed by atoms with van der Waals surface area (Å²) in [6.07, 6.45) is 1.27. The third-order valence-electron chi connectivity index (χ3n) is 4.10. The molecule has 3 unspecified atom stereocenters. The monoisotopic (exact) mass is 244 g/mol. The Hall–Kier alpha value is -1.64. The Morgan fingerprint density at radius 3 is 2.67 bits per heavy atom. The van der Waals surface area contributed by atoms with Crippen LogP contribution in [-0.2, 0) is 14.3 Å². The second-order valence-electron chi connectivity index (χ2n) is 5.21. The summed E-state index contributed by atoms with van der Waals surface area (Å²) in [4.78, 5) is 23.5. The van der Waals surface area contributed by atoms with Gasteiger partial charge < -0.3 is 4.74 Å². The van der Waals surface area contributed by atoms with Gasteiger partial charge in [-0.1, -0.05) is 30.3 Å². The molecule has 0 saturated heterocycles. The van der Waals surface area contributed by atoms with Crippen LogP contribution in [0.2, 0.25) is 0 Å². The number of hydrogen-bond donors (Lipinski definition) is 0. The number of hydrogen-bond acceptors (Lipinski definition) is 3. The zero-order chi connectivity index (χ0) is 12.7. The van der Waals surface area contributed by atoms with Gasteiger partial charge in [0.25, 0.3) is 0 Å². The van der Waals surface area contributed by atoms with Crippen molar-refractivity contribution in [3.05, 3.63) is 35.9 Å². The molecule has 4 atom stereocenters. The number of esters is 1. The lowest BCUT2D eigenvalue weighted by atomic mass is 10.1. The van der Waals surface area contributed by atoms with E-state index in [-0.39, 0.29) is 35.6 Å². The molecule has 0 N–H and O–H groups in total. The first kappa shape index (κ1) is 11.5. The molecule has 0 aliphatic heterocycles. The van der Waals surface area contributed by atoms with Crippen LogP contribution in [0.25, 0.3) is 0 Å². The van der Waals surface area contributed by atoms with Gasteiger partial charge in [0.2, 0.25) is 0 Å². The van der Waals surface area contributed by atoms with Crippen molar-refractivity contribution < 1.29 is 14.3 Å². The molecule has 2 aliphatic rings. The Morgan fingerprint density at radius 2 is 2.06 bits per heavy atom. The van der Waals surface area contributed by atoms with Crippen LogP contribution in [-0.4, -0.2) is 11.8 Å². The van der Waals surface area contributed by atoms with Crippen LogP contribution in [0, 0.1) is 17.8 Å². The number of rotatable bonds is 3. The molecule has 0 heterocycles. The summed E-state index contributed by atoms with van der Waals surface area (Å²) in [7, 11) is 0. The van der Waals surface area contributed by atoms with Crippen LogP contribution < -0.4 is 0 Å². The van der Waals surface area contributed by atoms with Crippen molar-refractivity contribution in [2.75, 3.05) is 0 Å². The fraction of sp³-hybridized carbons (Fsp3) is 0.467. The van der Waals surface area contributed by atoms with Crippen LogP contribution in [0.1, 0.15) is 31.4 Å². The van der Waals surface area contributed by atoms with Gasteiger partial charge in [0.1, 0.15) is 11.9 Å². The lowest BCUT2D eigenvalue weighted by molar-refractivity contribution is -0.151. The third-order valence-corrected chi connectivity index (χ3v) is 4.10. The Labute approximate surface area is 106 Å². The van der Waals surface area contributed by atoms with Crippen LogP contribution in [0.5, 0.6) is 0 Å². The van der Waals surface area contributed by atoms with E-state index < -0.39 is 0 Å². The molecule has 2 aliphatic carbocycles. The number of Topliss-reactive ketones (excluding diaryl/α,β-unsaturated/α-hetero) is 1. The van der Waals surface area contributed by atoms with Crippen LogP contribution in [0.15, 0.2) is 30.3 Å². The van der Waals surface area contributed by atoms with E-state index in [1.54, 1.807) is 0 Å². The number of ketones is 1. The van der Waals surface area contributed by atoms with Crippen molar-refractivity contribution in [2.45, 2.75) is 25.9 Å². The normalized spacial score (nSPS) is 30.7. The summed E-state index contributed by atoms with van der Waals surface area (Å²) in [6, 6.07) is 9.67. The van der Waals surface area contributed by atoms with Crippen molar-refractivity contribution in [3.63, 3.8) is 0 Å². The molecule has 0 bridgehead atoms. The van der Waals surface area contributed by atoms with Gasteiger partial charge in [0, 0.05) is 12.3 Å². The molecule has 3 heteroatoms. The van der Waals surface area contributed by atoms with Crippen LogP contribution in [0.3, 0.4) is 0 Å². The van der Waals surface area contributed by atoms with Gasteiger partial charge >= 0.3 is 5.97 Å². The summed E-state index contributed by atoms with van der Waals surface area (Å²) in [6.45, 7) is 1.87. The molecule has 2 fully saturated rings. The molecule has 1 aromatic carbocycles. The maximum Gasteiger partial charge on any atom is 0.310 e. The number of ether oxygens (including phenoxy) is 1. The highest BCUT2D eigenvalue weighted by atomic mass is 16.5. The zero-order valence-corrected chi connectivity index (χ0v) is 10.3. The van der Waals surface area contributed by atoms with Crippen molar-refractivity contribution in [1.29, 1.82) is 0 Å². The smallest absolute Gasteiger partial charge is 0.310 e. The molecule has 3 nitrogen and oxygen atoms in total. The molecule has 0 aromatic heterocycles. The van der Waals surface area contributed by atoms with Gasteiger partial charge in [-0.3, -0.25) is 9.59 Å². The lowest BCUT2D eigenvalue weighted by Crippen LogP contribution is -2.15. The zero-order valence-electron chi connectivity index (χ0n) is 10.3. The first-order valence-corrected chi connectivity index (χ1v) is 6.46. The van der Waals surface area contributed by atoms with E-state index >= 15 is 0 Å². The van der Waals surface area contributed by atoms with E-state index in [0.717, 1.165) is 12.0 Å². The van der Waals surface area contributed by atoms with Crippen LogP contribution in [0.4, 0.5) is 0 Å². The van der Waals surface area contributed by atoms with Gasteiger partial charge in [0.05, 0.1) is 5.92 Å². The lowest BCUT2D eigenvalue weighted by Gasteiger charge is -2.14. The molecule has 3 rings (SSSR count). The molecule has 18 heavy (non-hydrogen) atoms. The minimum Gasteiger partial charge on any atom is -0.458 e. The average Bonchev–Trinajstić information content (AvgIpc) is 3.01. The first-order valence-electron chi connectivity index (χ1n) is 6.46. The summed E-state index contributed by atoms with van der Waals surface area (Å²) in [5, 5.41) is 0. The van der Waals surface area contributed by atoms with Gasteiger partial charge in [-0.2, -0.15) is 0 Å². The van der Waals surface area contributed by atoms with E-state index in [9.17, 15) is 9.59 Å². The van der Waals surface area contributed by atoms with Crippen LogP contribution >= 0.6 is 0 Å². The van der Waals surface area contributed by atoms with Gasteiger partial charge in [0.15, 0.2) is 0 Å². The summed E-state index contributed by atoms with van der Waals surface area (Å²) in [5.41, 5.74) is 0.989. The predicted octanol–water partition coefficient (Wildman–Crippen LogP) is 2.52. The maximum atomic E-state index is 12.0. The molecular formula is C15H16O3. The highest BCUT2D eigenvalue weighted by Crippen LogP contribution is 2.56. The SMILES string of the molecule is CC(OC(=O)C1C2CCC(=O)[C@H]21)c1ccccc1. The molecule has 0 spiro atoms. The first-order chi connectivity index (χ1) is 8.68. The Balaban J connectivity index is 1.61. The minimum absolute atomic E-state index is 0.0273. The van der Waals surface area contributed by atoms with Crippen molar-refractivity contribution in [1.82, 2.24) is 0 Å². The van der Waals surface area contributed by atoms with E-state index in [4.69, 9.17) is 4.74 Å². The van der Waals surface area contributed by atoms with Crippen molar-refractivity contribution >= 4 is 11.8 Å². The predicted molar refractivity (Wildman–Crippen MR) is 65.7 cm³/mol. The summed E-state index contributed by atoms with van der Waals surface area (Å²) < 4.78 is 5.45. The Morgan fingerprint density at radius 1 is 1.33 bits per heavy atom. The highest BCUT2D eigenvalue weighted by molar-refractivity contribution is 5.94. The van der Waals surface area contributed by atoms with E-state index in [2.05, 4.69) is 0 Å².